The van der Waals surface area contributed by atoms with Crippen LogP contribution in [-0.4, -0.2) is 22.2 Å². The van der Waals surface area contributed by atoms with E-state index in [4.69, 9.17) is 10.2 Å². The highest BCUT2D eigenvalue weighted by atomic mass is 16.4. The lowest BCUT2D eigenvalue weighted by Gasteiger charge is -2.01. The fourth-order valence-electron chi connectivity index (χ4n) is 1.04. The summed E-state index contributed by atoms with van der Waals surface area (Å²) in [5.74, 6) is -2.10. The summed E-state index contributed by atoms with van der Waals surface area (Å²) < 4.78 is 0. The quantitative estimate of drug-likeness (QED) is 0.786. The van der Waals surface area contributed by atoms with Crippen molar-refractivity contribution in [2.45, 2.75) is 20.8 Å². The number of aryl methyl sites for hydroxylation is 1. The predicted octanol–water partition coefficient (Wildman–Crippen LogP) is 2.42. The van der Waals surface area contributed by atoms with Gasteiger partial charge in [0.2, 0.25) is 0 Å². The molecule has 82 valence electrons. The minimum atomic E-state index is -1.06. The molecule has 2 N–H and O–H groups in total. The van der Waals surface area contributed by atoms with Crippen LogP contribution < -0.4 is 0 Å². The average molecular weight is 210 g/mol. The van der Waals surface area contributed by atoms with Gasteiger partial charge >= 0.3 is 11.9 Å². The molecule has 0 aliphatic rings. The Bertz CT molecular complexity index is 369. The van der Waals surface area contributed by atoms with Crippen molar-refractivity contribution in [1.29, 1.82) is 0 Å². The van der Waals surface area contributed by atoms with Crippen molar-refractivity contribution in [3.8, 4) is 0 Å². The minimum absolute atomic E-state index is 0.0995. The van der Waals surface area contributed by atoms with Crippen molar-refractivity contribution in [2.75, 3.05) is 0 Å². The molecule has 0 aliphatic heterocycles. The second kappa shape index (κ2) is 5.80. The largest absolute Gasteiger partial charge is 0.478 e. The number of aromatic carboxylic acids is 2. The minimum Gasteiger partial charge on any atom is -0.478 e. The molecule has 0 bridgehead atoms. The number of carboxylic acids is 2. The zero-order valence-electron chi connectivity index (χ0n) is 8.94. The lowest BCUT2D eigenvalue weighted by molar-refractivity contribution is 0.0680. The summed E-state index contributed by atoms with van der Waals surface area (Å²) in [6.07, 6.45) is 0. The maximum Gasteiger partial charge on any atom is 0.335 e. The van der Waals surface area contributed by atoms with Gasteiger partial charge in [-0.2, -0.15) is 0 Å². The van der Waals surface area contributed by atoms with Gasteiger partial charge in [0.25, 0.3) is 0 Å². The first-order chi connectivity index (χ1) is 7.02. The fraction of sp³-hybridized carbons (Fsp3) is 0.273. The average Bonchev–Trinajstić information content (AvgIpc) is 2.20. The smallest absolute Gasteiger partial charge is 0.335 e. The Kier molecular flexibility index (Phi) is 5.09. The monoisotopic (exact) mass is 210 g/mol. The maximum atomic E-state index is 10.6. The zero-order valence-corrected chi connectivity index (χ0v) is 8.94. The van der Waals surface area contributed by atoms with Crippen molar-refractivity contribution in [2.24, 2.45) is 0 Å². The van der Waals surface area contributed by atoms with E-state index in [1.807, 2.05) is 13.8 Å². The van der Waals surface area contributed by atoms with E-state index >= 15 is 0 Å². The summed E-state index contributed by atoms with van der Waals surface area (Å²) in [7, 11) is 0. The Morgan fingerprint density at radius 3 is 1.93 bits per heavy atom. The third-order valence-electron chi connectivity index (χ3n) is 1.70. The second-order valence-electron chi connectivity index (χ2n) is 2.64. The van der Waals surface area contributed by atoms with E-state index in [1.54, 1.807) is 6.92 Å². The molecule has 0 unspecified atom stereocenters. The van der Waals surface area contributed by atoms with E-state index < -0.39 is 11.9 Å². The summed E-state index contributed by atoms with van der Waals surface area (Å²) in [6, 6.07) is 3.91. The Labute approximate surface area is 88.2 Å². The summed E-state index contributed by atoms with van der Waals surface area (Å²) in [5, 5.41) is 17.2. The van der Waals surface area contributed by atoms with Crippen molar-refractivity contribution in [1.82, 2.24) is 0 Å². The molecule has 0 radical (unpaired) electrons. The molecular weight excluding hydrogens is 196 g/mol. The van der Waals surface area contributed by atoms with Crippen LogP contribution in [0.15, 0.2) is 18.2 Å². The SMILES string of the molecule is CC.Cc1cc(C(=O)O)ccc1C(=O)O. The highest BCUT2D eigenvalue weighted by molar-refractivity contribution is 5.93. The van der Waals surface area contributed by atoms with Gasteiger partial charge in [0.1, 0.15) is 0 Å². The van der Waals surface area contributed by atoms with Crippen LogP contribution >= 0.6 is 0 Å². The van der Waals surface area contributed by atoms with E-state index in [0.29, 0.717) is 5.56 Å². The molecule has 15 heavy (non-hydrogen) atoms. The van der Waals surface area contributed by atoms with Crippen LogP contribution in [-0.2, 0) is 0 Å². The van der Waals surface area contributed by atoms with Crippen LogP contribution in [0.3, 0.4) is 0 Å². The van der Waals surface area contributed by atoms with Crippen LogP contribution in [0.2, 0.25) is 0 Å². The topological polar surface area (TPSA) is 74.6 Å². The number of carbonyl (C=O) groups is 2. The Morgan fingerprint density at radius 2 is 1.60 bits per heavy atom. The van der Waals surface area contributed by atoms with Crippen molar-refractivity contribution >= 4 is 11.9 Å². The molecule has 1 aromatic carbocycles. The molecule has 0 amide bonds. The van der Waals surface area contributed by atoms with Gasteiger partial charge in [0, 0.05) is 0 Å². The third kappa shape index (κ3) is 3.42. The molecule has 4 nitrogen and oxygen atoms in total. The molecule has 0 aromatic heterocycles. The molecule has 0 fully saturated rings. The first-order valence-corrected chi connectivity index (χ1v) is 4.59. The van der Waals surface area contributed by atoms with Gasteiger partial charge in [0.05, 0.1) is 11.1 Å². The van der Waals surface area contributed by atoms with Crippen LogP contribution in [0.1, 0.15) is 40.1 Å². The lowest BCUT2D eigenvalue weighted by atomic mass is 10.1. The van der Waals surface area contributed by atoms with Gasteiger partial charge in [0.15, 0.2) is 0 Å². The van der Waals surface area contributed by atoms with E-state index in [1.165, 1.54) is 18.2 Å². The van der Waals surface area contributed by atoms with Crippen molar-refractivity contribution in [3.63, 3.8) is 0 Å². The summed E-state index contributed by atoms with van der Waals surface area (Å²) in [4.78, 5) is 21.0. The molecule has 1 rings (SSSR count). The Hall–Kier alpha value is -1.84. The summed E-state index contributed by atoms with van der Waals surface area (Å²) >= 11 is 0. The number of hydrogen-bond acceptors (Lipinski definition) is 2. The number of hydrogen-bond donors (Lipinski definition) is 2. The van der Waals surface area contributed by atoms with Crippen LogP contribution in [0.25, 0.3) is 0 Å². The number of carboxylic acid groups (broad SMARTS) is 2. The van der Waals surface area contributed by atoms with E-state index in [9.17, 15) is 9.59 Å². The lowest BCUT2D eigenvalue weighted by Crippen LogP contribution is -2.03. The molecule has 0 spiro atoms. The normalized spacial score (nSPS) is 8.73. The zero-order chi connectivity index (χ0) is 12.0. The van der Waals surface area contributed by atoms with Crippen molar-refractivity contribution in [3.05, 3.63) is 34.9 Å². The number of benzene rings is 1. The molecule has 4 heteroatoms. The van der Waals surface area contributed by atoms with Gasteiger partial charge in [-0.3, -0.25) is 0 Å². The molecular formula is C11H14O4. The molecule has 0 aliphatic carbocycles. The van der Waals surface area contributed by atoms with Crippen molar-refractivity contribution < 1.29 is 19.8 Å². The molecule has 1 aromatic rings. The number of rotatable bonds is 2. The van der Waals surface area contributed by atoms with Crippen LogP contribution in [0.5, 0.6) is 0 Å². The molecule has 0 atom stereocenters. The van der Waals surface area contributed by atoms with E-state index in [2.05, 4.69) is 0 Å². The highest BCUT2D eigenvalue weighted by Crippen LogP contribution is 2.10. The van der Waals surface area contributed by atoms with E-state index in [0.717, 1.165) is 0 Å². The van der Waals surface area contributed by atoms with Gasteiger partial charge in [-0.15, -0.1) is 0 Å². The summed E-state index contributed by atoms with van der Waals surface area (Å²) in [5.41, 5.74) is 0.680. The van der Waals surface area contributed by atoms with Crippen LogP contribution in [0, 0.1) is 6.92 Å². The fourth-order valence-corrected chi connectivity index (χ4v) is 1.04. The van der Waals surface area contributed by atoms with Gasteiger partial charge in [-0.05, 0) is 30.7 Å². The van der Waals surface area contributed by atoms with Gasteiger partial charge in [-0.1, -0.05) is 13.8 Å². The molecule has 0 saturated carbocycles. The second-order valence-corrected chi connectivity index (χ2v) is 2.64. The van der Waals surface area contributed by atoms with Crippen LogP contribution in [0.4, 0.5) is 0 Å². The van der Waals surface area contributed by atoms with Gasteiger partial charge < -0.3 is 10.2 Å². The third-order valence-corrected chi connectivity index (χ3v) is 1.70. The highest BCUT2D eigenvalue weighted by Gasteiger charge is 2.09. The standard InChI is InChI=1S/C9H8O4.C2H6/c1-5-4-6(8(10)11)2-3-7(5)9(12)13;1-2/h2-4H,1H3,(H,10,11)(H,12,13);1-2H3. The molecule has 0 saturated heterocycles. The maximum absolute atomic E-state index is 10.6. The predicted molar refractivity (Wildman–Crippen MR) is 56.4 cm³/mol. The Morgan fingerprint density at radius 1 is 1.07 bits per heavy atom. The Balaban J connectivity index is 0.000000921. The van der Waals surface area contributed by atoms with E-state index in [-0.39, 0.29) is 11.1 Å². The molecule has 0 heterocycles. The first-order valence-electron chi connectivity index (χ1n) is 4.59. The van der Waals surface area contributed by atoms with Gasteiger partial charge in [-0.25, -0.2) is 9.59 Å². The summed E-state index contributed by atoms with van der Waals surface area (Å²) in [6.45, 7) is 5.57. The first kappa shape index (κ1) is 13.2.